The zero-order valence-corrected chi connectivity index (χ0v) is 22.4. The number of aromatic carboxylic acids is 1. The van der Waals surface area contributed by atoms with Gasteiger partial charge in [0, 0.05) is 18.8 Å². The number of anilines is 1. The summed E-state index contributed by atoms with van der Waals surface area (Å²) in [5.74, 6) is -1.12. The summed E-state index contributed by atoms with van der Waals surface area (Å²) in [4.78, 5) is 37.3. The molecule has 2 aromatic heterocycles. The maximum atomic E-state index is 12.3. The van der Waals surface area contributed by atoms with E-state index in [1.165, 1.54) is 23.0 Å². The predicted molar refractivity (Wildman–Crippen MR) is 140 cm³/mol. The Balaban J connectivity index is 0.000000320. The fraction of sp³-hybridized carbons (Fsp3) is 0.292. The number of nitrogens with one attached hydrogen (secondary N) is 1. The standard InChI is InChI=1S/C19H21ClN2O3S.C5H3ClO2S/c1-19(2,3)25-18(24)22-9-8-12-4-5-14(10-13(12)11-22)21-17(23)15-6-7-16(20)26-15;6-4-2-1-3(9-4)5(7)8/h4-7,10H,8-9,11H2,1-3H3,(H,21,23);1-2H,(H,7,8). The third kappa shape index (κ3) is 7.96. The van der Waals surface area contributed by atoms with E-state index in [0.29, 0.717) is 32.3 Å². The first-order chi connectivity index (χ1) is 16.4. The minimum Gasteiger partial charge on any atom is -0.477 e. The van der Waals surface area contributed by atoms with Crippen LogP contribution in [0.2, 0.25) is 8.67 Å². The number of carboxylic acids is 1. The molecule has 11 heteroatoms. The van der Waals surface area contributed by atoms with Gasteiger partial charge in [-0.1, -0.05) is 29.3 Å². The second kappa shape index (κ2) is 11.4. The summed E-state index contributed by atoms with van der Waals surface area (Å²) in [5.41, 5.74) is 2.38. The Morgan fingerprint density at radius 2 is 1.60 bits per heavy atom. The Morgan fingerprint density at radius 1 is 0.971 bits per heavy atom. The first-order valence-electron chi connectivity index (χ1n) is 10.6. The molecule has 0 atom stereocenters. The van der Waals surface area contributed by atoms with Gasteiger partial charge in [-0.2, -0.15) is 0 Å². The molecule has 0 unspecified atom stereocenters. The summed E-state index contributed by atoms with van der Waals surface area (Å²) in [6.45, 7) is 6.66. The monoisotopic (exact) mass is 554 g/mol. The molecule has 7 nitrogen and oxygen atoms in total. The van der Waals surface area contributed by atoms with Crippen molar-refractivity contribution in [2.24, 2.45) is 0 Å². The lowest BCUT2D eigenvalue weighted by molar-refractivity contribution is 0.0223. The fourth-order valence-electron chi connectivity index (χ4n) is 3.18. The molecule has 3 heterocycles. The number of rotatable bonds is 3. The fourth-order valence-corrected chi connectivity index (χ4v) is 5.00. The molecule has 35 heavy (non-hydrogen) atoms. The van der Waals surface area contributed by atoms with Gasteiger partial charge in [0.05, 0.1) is 13.5 Å². The Morgan fingerprint density at radius 3 is 2.11 bits per heavy atom. The van der Waals surface area contributed by atoms with Crippen LogP contribution in [0, 0.1) is 0 Å². The molecule has 1 aliphatic heterocycles. The number of fused-ring (bicyclic) bond motifs is 1. The molecule has 2 N–H and O–H groups in total. The second-order valence-corrected chi connectivity index (χ2v) is 12.0. The van der Waals surface area contributed by atoms with Gasteiger partial charge < -0.3 is 20.1 Å². The number of nitrogens with zero attached hydrogens (tertiary/aromatic N) is 1. The summed E-state index contributed by atoms with van der Waals surface area (Å²) in [5, 5.41) is 11.2. The highest BCUT2D eigenvalue weighted by Gasteiger charge is 2.26. The first-order valence-corrected chi connectivity index (χ1v) is 13.0. The molecule has 3 aromatic rings. The Bertz CT molecular complexity index is 1230. The molecular weight excluding hydrogens is 531 g/mol. The normalized spacial score (nSPS) is 12.8. The number of benzene rings is 1. The van der Waals surface area contributed by atoms with Crippen LogP contribution in [0.1, 0.15) is 51.2 Å². The van der Waals surface area contributed by atoms with Crippen molar-refractivity contribution in [3.05, 3.63) is 72.0 Å². The van der Waals surface area contributed by atoms with Gasteiger partial charge in [-0.15, -0.1) is 22.7 Å². The van der Waals surface area contributed by atoms with Crippen LogP contribution in [0.25, 0.3) is 0 Å². The Kier molecular flexibility index (Phi) is 8.82. The first kappa shape index (κ1) is 27.0. The van der Waals surface area contributed by atoms with Gasteiger partial charge in [0.2, 0.25) is 0 Å². The Hall–Kier alpha value is -2.59. The molecule has 0 saturated carbocycles. The van der Waals surface area contributed by atoms with Crippen LogP contribution < -0.4 is 5.32 Å². The lowest BCUT2D eigenvalue weighted by atomic mass is 9.99. The maximum absolute atomic E-state index is 12.3. The number of amides is 2. The highest BCUT2D eigenvalue weighted by atomic mass is 35.5. The lowest BCUT2D eigenvalue weighted by Crippen LogP contribution is -2.39. The zero-order chi connectivity index (χ0) is 25.8. The molecular formula is C24H24Cl2N2O5S2. The van der Waals surface area contributed by atoms with Crippen molar-refractivity contribution in [3.63, 3.8) is 0 Å². The van der Waals surface area contributed by atoms with Gasteiger partial charge in [-0.3, -0.25) is 4.79 Å². The van der Waals surface area contributed by atoms with Crippen molar-refractivity contribution in [1.29, 1.82) is 0 Å². The van der Waals surface area contributed by atoms with Gasteiger partial charge in [-0.25, -0.2) is 9.59 Å². The number of halogens is 2. The highest BCUT2D eigenvalue weighted by molar-refractivity contribution is 7.18. The van der Waals surface area contributed by atoms with Crippen LogP contribution in [0.5, 0.6) is 0 Å². The van der Waals surface area contributed by atoms with Crippen LogP contribution in [-0.4, -0.2) is 40.1 Å². The summed E-state index contributed by atoms with van der Waals surface area (Å²) >= 11 is 13.6. The van der Waals surface area contributed by atoms with E-state index in [1.807, 2.05) is 39.0 Å². The Labute approximate surface area is 221 Å². The van der Waals surface area contributed by atoms with Crippen molar-refractivity contribution < 1.29 is 24.2 Å². The van der Waals surface area contributed by atoms with E-state index in [9.17, 15) is 14.4 Å². The molecule has 4 rings (SSSR count). The molecule has 2 amide bonds. The van der Waals surface area contributed by atoms with Crippen LogP contribution in [-0.2, 0) is 17.7 Å². The van der Waals surface area contributed by atoms with Crippen LogP contribution in [0.4, 0.5) is 10.5 Å². The van der Waals surface area contributed by atoms with Gasteiger partial charge in [0.25, 0.3) is 5.91 Å². The number of hydrogen-bond donors (Lipinski definition) is 2. The predicted octanol–water partition coefficient (Wildman–Crippen LogP) is 7.05. The third-order valence-electron chi connectivity index (χ3n) is 4.71. The van der Waals surface area contributed by atoms with Crippen LogP contribution in [0.3, 0.4) is 0 Å². The topological polar surface area (TPSA) is 95.9 Å². The molecule has 186 valence electrons. The third-order valence-corrected chi connectivity index (χ3v) is 7.16. The van der Waals surface area contributed by atoms with E-state index in [4.69, 9.17) is 33.0 Å². The number of carbonyl (C=O) groups is 3. The van der Waals surface area contributed by atoms with Crippen molar-refractivity contribution in [2.75, 3.05) is 11.9 Å². The lowest BCUT2D eigenvalue weighted by Gasteiger charge is -2.31. The molecule has 0 radical (unpaired) electrons. The van der Waals surface area contributed by atoms with Crippen molar-refractivity contribution >= 4 is 69.5 Å². The van der Waals surface area contributed by atoms with E-state index in [0.717, 1.165) is 23.3 Å². The summed E-state index contributed by atoms with van der Waals surface area (Å²) < 4.78 is 6.54. The van der Waals surface area contributed by atoms with E-state index < -0.39 is 11.6 Å². The molecule has 0 aliphatic carbocycles. The van der Waals surface area contributed by atoms with E-state index in [2.05, 4.69) is 5.32 Å². The van der Waals surface area contributed by atoms with Crippen LogP contribution >= 0.6 is 45.9 Å². The molecule has 1 aromatic carbocycles. The SMILES string of the molecule is CC(C)(C)OC(=O)N1CCc2ccc(NC(=O)c3ccc(Cl)s3)cc2C1.O=C(O)c1ccc(Cl)s1. The quantitative estimate of drug-likeness (QED) is 0.361. The highest BCUT2D eigenvalue weighted by Crippen LogP contribution is 2.26. The van der Waals surface area contributed by atoms with Gasteiger partial charge >= 0.3 is 12.1 Å². The average molecular weight is 556 g/mol. The average Bonchev–Trinajstić information content (AvgIpc) is 3.41. The van der Waals surface area contributed by atoms with Gasteiger partial charge in [0.15, 0.2) is 0 Å². The van der Waals surface area contributed by atoms with Crippen molar-refractivity contribution in [2.45, 2.75) is 39.3 Å². The van der Waals surface area contributed by atoms with E-state index in [-0.39, 0.29) is 16.9 Å². The summed E-state index contributed by atoms with van der Waals surface area (Å²) in [6.07, 6.45) is 0.453. The number of ether oxygens (including phenoxy) is 1. The second-order valence-electron chi connectivity index (χ2n) is 8.60. The van der Waals surface area contributed by atoms with Gasteiger partial charge in [0.1, 0.15) is 10.5 Å². The molecule has 0 spiro atoms. The molecule has 0 fully saturated rings. The van der Waals surface area contributed by atoms with E-state index >= 15 is 0 Å². The number of hydrogen-bond acceptors (Lipinski definition) is 6. The van der Waals surface area contributed by atoms with Crippen molar-refractivity contribution in [1.82, 2.24) is 4.90 Å². The number of thiophene rings is 2. The zero-order valence-electron chi connectivity index (χ0n) is 19.3. The summed E-state index contributed by atoms with van der Waals surface area (Å²) in [6, 6.07) is 12.2. The number of carbonyl (C=O) groups excluding carboxylic acids is 2. The number of carboxylic acid groups (broad SMARTS) is 1. The minimum absolute atomic E-state index is 0.193. The van der Waals surface area contributed by atoms with Crippen molar-refractivity contribution in [3.8, 4) is 0 Å². The molecule has 1 aliphatic rings. The largest absolute Gasteiger partial charge is 0.477 e. The maximum Gasteiger partial charge on any atom is 0.410 e. The van der Waals surface area contributed by atoms with E-state index in [1.54, 1.807) is 23.1 Å². The van der Waals surface area contributed by atoms with Gasteiger partial charge in [-0.05, 0) is 74.7 Å². The minimum atomic E-state index is -0.924. The molecule has 0 saturated heterocycles. The smallest absolute Gasteiger partial charge is 0.410 e. The molecule has 0 bridgehead atoms. The van der Waals surface area contributed by atoms with Crippen LogP contribution in [0.15, 0.2) is 42.5 Å². The summed E-state index contributed by atoms with van der Waals surface area (Å²) in [7, 11) is 0.